The molecule has 7 heteroatoms. The first-order chi connectivity index (χ1) is 11.3. The molecule has 0 spiro atoms. The molecule has 2 amide bonds. The van der Waals surface area contributed by atoms with Crippen LogP contribution >= 0.6 is 0 Å². The van der Waals surface area contributed by atoms with E-state index in [-0.39, 0.29) is 34.9 Å². The molecule has 1 aliphatic heterocycles. The van der Waals surface area contributed by atoms with Gasteiger partial charge < -0.3 is 15.3 Å². The van der Waals surface area contributed by atoms with Crippen molar-refractivity contribution < 1.29 is 23.9 Å². The van der Waals surface area contributed by atoms with E-state index >= 15 is 0 Å². The molecule has 1 aromatic rings. The van der Waals surface area contributed by atoms with Crippen molar-refractivity contribution in [2.24, 2.45) is 11.8 Å². The highest BCUT2D eigenvalue weighted by Crippen LogP contribution is 2.22. The Hall–Kier alpha value is -2.44. The number of rotatable bonds is 4. The van der Waals surface area contributed by atoms with Crippen molar-refractivity contribution in [1.29, 1.82) is 0 Å². The van der Waals surface area contributed by atoms with Crippen LogP contribution in [-0.2, 0) is 9.59 Å². The number of halogens is 1. The van der Waals surface area contributed by atoms with E-state index in [2.05, 4.69) is 5.32 Å². The Kier molecular flexibility index (Phi) is 5.54. The first kappa shape index (κ1) is 17.9. The molecule has 2 N–H and O–H groups in total. The van der Waals surface area contributed by atoms with Gasteiger partial charge in [-0.3, -0.25) is 9.59 Å². The lowest BCUT2D eigenvalue weighted by molar-refractivity contribution is -0.137. The van der Waals surface area contributed by atoms with Gasteiger partial charge in [0.05, 0.1) is 11.3 Å². The van der Waals surface area contributed by atoms with E-state index in [0.29, 0.717) is 25.9 Å². The maximum Gasteiger partial charge on any atom is 0.335 e. The monoisotopic (exact) mass is 336 g/mol. The summed E-state index contributed by atoms with van der Waals surface area (Å²) in [6, 6.07) is 3.36. The van der Waals surface area contributed by atoms with E-state index in [0.717, 1.165) is 6.07 Å². The molecule has 1 aliphatic rings. The molecule has 1 heterocycles. The second-order valence-corrected chi connectivity index (χ2v) is 6.24. The SMILES string of the molecule is CC(C)C(=O)N1CCC(C(=O)Nc2ccc(C(=O)O)cc2F)CC1. The third-order valence-corrected chi connectivity index (χ3v) is 4.15. The third kappa shape index (κ3) is 4.10. The molecule has 1 aromatic carbocycles. The molecule has 0 bridgehead atoms. The summed E-state index contributed by atoms with van der Waals surface area (Å²) in [5, 5.41) is 11.3. The molecular weight excluding hydrogens is 315 g/mol. The molecule has 0 unspecified atom stereocenters. The quantitative estimate of drug-likeness (QED) is 0.884. The van der Waals surface area contributed by atoms with Gasteiger partial charge >= 0.3 is 5.97 Å². The number of benzene rings is 1. The highest BCUT2D eigenvalue weighted by molar-refractivity contribution is 5.94. The Morgan fingerprint density at radius 2 is 1.88 bits per heavy atom. The number of carbonyl (C=O) groups excluding carboxylic acids is 2. The molecule has 2 rings (SSSR count). The number of hydrogen-bond donors (Lipinski definition) is 2. The number of nitrogens with one attached hydrogen (secondary N) is 1. The molecule has 0 aliphatic carbocycles. The van der Waals surface area contributed by atoms with E-state index < -0.39 is 11.8 Å². The van der Waals surface area contributed by atoms with Crippen molar-refractivity contribution >= 4 is 23.5 Å². The fraction of sp³-hybridized carbons (Fsp3) is 0.471. The Bertz CT molecular complexity index is 652. The average molecular weight is 336 g/mol. The minimum Gasteiger partial charge on any atom is -0.478 e. The Balaban J connectivity index is 1.95. The summed E-state index contributed by atoms with van der Waals surface area (Å²) in [6.07, 6.45) is 1.05. The number of likely N-dealkylation sites (tertiary alicyclic amines) is 1. The van der Waals surface area contributed by atoms with Gasteiger partial charge in [0.15, 0.2) is 0 Å². The number of carboxylic acids is 1. The van der Waals surface area contributed by atoms with Gasteiger partial charge in [0.25, 0.3) is 0 Å². The maximum atomic E-state index is 13.9. The van der Waals surface area contributed by atoms with Gasteiger partial charge in [0, 0.05) is 24.9 Å². The van der Waals surface area contributed by atoms with Gasteiger partial charge in [-0.15, -0.1) is 0 Å². The van der Waals surface area contributed by atoms with Gasteiger partial charge in [-0.2, -0.15) is 0 Å². The minimum atomic E-state index is -1.23. The molecule has 0 radical (unpaired) electrons. The zero-order valence-electron chi connectivity index (χ0n) is 13.7. The predicted molar refractivity (Wildman–Crippen MR) is 86.1 cm³/mol. The van der Waals surface area contributed by atoms with Gasteiger partial charge in [-0.25, -0.2) is 9.18 Å². The largest absolute Gasteiger partial charge is 0.478 e. The Labute approximate surface area is 139 Å². The Morgan fingerprint density at radius 3 is 2.38 bits per heavy atom. The number of amides is 2. The Morgan fingerprint density at radius 1 is 1.25 bits per heavy atom. The topological polar surface area (TPSA) is 86.7 Å². The van der Waals surface area contributed by atoms with E-state index in [1.807, 2.05) is 13.8 Å². The number of piperidine rings is 1. The molecule has 24 heavy (non-hydrogen) atoms. The van der Waals surface area contributed by atoms with Crippen molar-refractivity contribution in [1.82, 2.24) is 4.90 Å². The molecule has 0 saturated carbocycles. The van der Waals surface area contributed by atoms with Crippen LogP contribution in [0.25, 0.3) is 0 Å². The van der Waals surface area contributed by atoms with Crippen LogP contribution in [0, 0.1) is 17.7 Å². The summed E-state index contributed by atoms with van der Waals surface area (Å²) in [5.41, 5.74) is -0.211. The van der Waals surface area contributed by atoms with Crippen molar-refractivity contribution in [2.45, 2.75) is 26.7 Å². The summed E-state index contributed by atoms with van der Waals surface area (Å²) in [7, 11) is 0. The molecule has 6 nitrogen and oxygen atoms in total. The van der Waals surface area contributed by atoms with Crippen molar-refractivity contribution in [2.75, 3.05) is 18.4 Å². The van der Waals surface area contributed by atoms with Crippen molar-refractivity contribution in [3.63, 3.8) is 0 Å². The molecule has 0 aromatic heterocycles. The van der Waals surface area contributed by atoms with E-state index in [1.54, 1.807) is 4.90 Å². The first-order valence-electron chi connectivity index (χ1n) is 7.92. The summed E-state index contributed by atoms with van der Waals surface area (Å²) < 4.78 is 13.9. The smallest absolute Gasteiger partial charge is 0.335 e. The first-order valence-corrected chi connectivity index (χ1v) is 7.92. The molecule has 1 saturated heterocycles. The highest BCUT2D eigenvalue weighted by Gasteiger charge is 2.28. The third-order valence-electron chi connectivity index (χ3n) is 4.15. The lowest BCUT2D eigenvalue weighted by Crippen LogP contribution is -2.43. The number of aromatic carboxylic acids is 1. The van der Waals surface area contributed by atoms with Crippen LogP contribution in [0.1, 0.15) is 37.0 Å². The van der Waals surface area contributed by atoms with E-state index in [4.69, 9.17) is 5.11 Å². The van der Waals surface area contributed by atoms with Crippen LogP contribution < -0.4 is 5.32 Å². The lowest BCUT2D eigenvalue weighted by Gasteiger charge is -2.32. The average Bonchev–Trinajstić information content (AvgIpc) is 2.55. The standard InChI is InChI=1S/C17H21FN2O4/c1-10(2)16(22)20-7-5-11(6-8-20)15(21)19-14-4-3-12(17(23)24)9-13(14)18/h3-4,9-11H,5-8H2,1-2H3,(H,19,21)(H,23,24). The number of carbonyl (C=O) groups is 3. The summed E-state index contributed by atoms with van der Waals surface area (Å²) >= 11 is 0. The highest BCUT2D eigenvalue weighted by atomic mass is 19.1. The summed E-state index contributed by atoms with van der Waals surface area (Å²) in [5.74, 6) is -2.61. The predicted octanol–water partition coefficient (Wildman–Crippen LogP) is 2.36. The molecule has 1 fully saturated rings. The van der Waals surface area contributed by atoms with E-state index in [9.17, 15) is 18.8 Å². The fourth-order valence-corrected chi connectivity index (χ4v) is 2.71. The number of carboxylic acid groups (broad SMARTS) is 1. The van der Waals surface area contributed by atoms with E-state index in [1.165, 1.54) is 12.1 Å². The van der Waals surface area contributed by atoms with Gasteiger partial charge in [-0.1, -0.05) is 13.8 Å². The second-order valence-electron chi connectivity index (χ2n) is 6.24. The lowest BCUT2D eigenvalue weighted by atomic mass is 9.95. The summed E-state index contributed by atoms with van der Waals surface area (Å²) in [4.78, 5) is 36.7. The summed E-state index contributed by atoms with van der Waals surface area (Å²) in [6.45, 7) is 4.69. The molecule has 0 atom stereocenters. The van der Waals surface area contributed by atoms with Crippen molar-refractivity contribution in [3.8, 4) is 0 Å². The van der Waals surface area contributed by atoms with Crippen molar-refractivity contribution in [3.05, 3.63) is 29.6 Å². The number of hydrogen-bond acceptors (Lipinski definition) is 3. The minimum absolute atomic E-state index is 0.0364. The van der Waals surface area contributed by atoms with Crippen LogP contribution in [0.5, 0.6) is 0 Å². The van der Waals surface area contributed by atoms with Crippen LogP contribution in [0.4, 0.5) is 10.1 Å². The van der Waals surface area contributed by atoms with Crippen LogP contribution in [0.3, 0.4) is 0 Å². The second kappa shape index (κ2) is 7.42. The fourth-order valence-electron chi connectivity index (χ4n) is 2.71. The van der Waals surface area contributed by atoms with Gasteiger partial charge in [-0.05, 0) is 31.0 Å². The maximum absolute atomic E-state index is 13.9. The van der Waals surface area contributed by atoms with Gasteiger partial charge in [0.2, 0.25) is 11.8 Å². The number of nitrogens with zero attached hydrogens (tertiary/aromatic N) is 1. The number of anilines is 1. The molecule has 130 valence electrons. The van der Waals surface area contributed by atoms with Crippen LogP contribution in [-0.4, -0.2) is 40.9 Å². The van der Waals surface area contributed by atoms with Crippen LogP contribution in [0.15, 0.2) is 18.2 Å². The van der Waals surface area contributed by atoms with Gasteiger partial charge in [0.1, 0.15) is 5.82 Å². The zero-order chi connectivity index (χ0) is 17.9. The van der Waals surface area contributed by atoms with Crippen LogP contribution in [0.2, 0.25) is 0 Å². The normalized spacial score (nSPS) is 15.4. The molecular formula is C17H21FN2O4. The zero-order valence-corrected chi connectivity index (χ0v) is 13.7.